The van der Waals surface area contributed by atoms with Gasteiger partial charge in [0.15, 0.2) is 0 Å². The SMILES string of the molecule is CCCCCCCC/C=C\CCCCCCCC(=O)OC(CC)(OC(=O)CCCCCCC/C=C\CCCCCCCC)C(CO)C(C)(C)N. The topological polar surface area (TPSA) is 98.8 Å². The van der Waals surface area contributed by atoms with Gasteiger partial charge in [-0.1, -0.05) is 148 Å². The Balaban J connectivity index is 4.44. The summed E-state index contributed by atoms with van der Waals surface area (Å²) in [5, 5.41) is 10.3. The minimum Gasteiger partial charge on any atom is -0.422 e. The van der Waals surface area contributed by atoms with Crippen LogP contribution in [0.5, 0.6) is 0 Å². The summed E-state index contributed by atoms with van der Waals surface area (Å²) in [4.78, 5) is 26.1. The second-order valence-electron chi connectivity index (χ2n) is 15.3. The fourth-order valence-corrected chi connectivity index (χ4v) is 6.66. The molecule has 50 heavy (non-hydrogen) atoms. The molecule has 0 bridgehead atoms. The van der Waals surface area contributed by atoms with Crippen LogP contribution in [-0.2, 0) is 19.1 Å². The molecule has 1 atom stereocenters. The molecule has 0 amide bonds. The number of carbonyl (C=O) groups is 2. The van der Waals surface area contributed by atoms with Crippen molar-refractivity contribution < 1.29 is 24.2 Å². The molecule has 0 saturated heterocycles. The van der Waals surface area contributed by atoms with Crippen LogP contribution < -0.4 is 5.73 Å². The van der Waals surface area contributed by atoms with Gasteiger partial charge < -0.3 is 20.3 Å². The van der Waals surface area contributed by atoms with Crippen LogP contribution in [0.2, 0.25) is 0 Å². The standard InChI is InChI=1S/C44H83NO5/c1-6-9-11-13-15-17-19-21-23-25-27-29-31-33-35-37-41(47)49-44(8-3,40(39-46)43(4,5)45)50-42(48)38-36-34-32-30-28-26-24-22-20-18-16-14-12-10-7-2/h21-24,40,46H,6-20,25-39,45H2,1-5H3/b23-21-,24-22-. The van der Waals surface area contributed by atoms with Crippen molar-refractivity contribution in [2.75, 3.05) is 6.61 Å². The van der Waals surface area contributed by atoms with E-state index in [4.69, 9.17) is 15.2 Å². The Morgan fingerprint density at radius 2 is 0.840 bits per heavy atom. The average Bonchev–Trinajstić information content (AvgIpc) is 3.07. The first-order chi connectivity index (χ1) is 24.2. The van der Waals surface area contributed by atoms with Crippen LogP contribution in [0.25, 0.3) is 0 Å². The van der Waals surface area contributed by atoms with E-state index in [1.165, 1.54) is 103 Å². The van der Waals surface area contributed by atoms with E-state index in [0.717, 1.165) is 64.2 Å². The molecule has 0 radical (unpaired) electrons. The van der Waals surface area contributed by atoms with Gasteiger partial charge in [0.2, 0.25) is 0 Å². The first kappa shape index (κ1) is 48.3. The van der Waals surface area contributed by atoms with E-state index in [1.807, 2.05) is 6.92 Å². The molecular weight excluding hydrogens is 622 g/mol. The highest BCUT2D eigenvalue weighted by Crippen LogP contribution is 2.35. The Morgan fingerprint density at radius 3 is 1.12 bits per heavy atom. The third-order valence-corrected chi connectivity index (χ3v) is 9.96. The highest BCUT2D eigenvalue weighted by molar-refractivity contribution is 5.72. The minimum atomic E-state index is -1.58. The maximum atomic E-state index is 13.0. The molecule has 0 fully saturated rings. The molecule has 0 aromatic rings. The van der Waals surface area contributed by atoms with Gasteiger partial charge in [0.05, 0.1) is 12.5 Å². The van der Waals surface area contributed by atoms with Crippen LogP contribution in [0, 0.1) is 5.92 Å². The van der Waals surface area contributed by atoms with Crippen LogP contribution in [-0.4, -0.2) is 35.0 Å². The van der Waals surface area contributed by atoms with Crippen molar-refractivity contribution in [1.82, 2.24) is 0 Å². The first-order valence-corrected chi connectivity index (χ1v) is 21.3. The van der Waals surface area contributed by atoms with Crippen molar-refractivity contribution in [2.24, 2.45) is 11.7 Å². The van der Waals surface area contributed by atoms with E-state index in [0.29, 0.717) is 0 Å². The van der Waals surface area contributed by atoms with Gasteiger partial charge in [-0.05, 0) is 78.1 Å². The second kappa shape index (κ2) is 33.2. The molecule has 1 unspecified atom stereocenters. The van der Waals surface area contributed by atoms with E-state index in [2.05, 4.69) is 38.2 Å². The number of rotatable bonds is 36. The lowest BCUT2D eigenvalue weighted by Crippen LogP contribution is -2.59. The highest BCUT2D eigenvalue weighted by atomic mass is 16.7. The van der Waals surface area contributed by atoms with Gasteiger partial charge in [-0.2, -0.15) is 0 Å². The third-order valence-electron chi connectivity index (χ3n) is 9.96. The van der Waals surface area contributed by atoms with E-state index in [-0.39, 0.29) is 25.9 Å². The van der Waals surface area contributed by atoms with E-state index >= 15 is 0 Å². The second-order valence-corrected chi connectivity index (χ2v) is 15.3. The number of ether oxygens (including phenoxy) is 2. The molecule has 6 heteroatoms. The van der Waals surface area contributed by atoms with Crippen LogP contribution in [0.4, 0.5) is 0 Å². The van der Waals surface area contributed by atoms with Crippen molar-refractivity contribution in [3.8, 4) is 0 Å². The third kappa shape index (κ3) is 27.1. The fourth-order valence-electron chi connectivity index (χ4n) is 6.66. The Kier molecular flexibility index (Phi) is 32.1. The van der Waals surface area contributed by atoms with E-state index < -0.39 is 29.2 Å². The Morgan fingerprint density at radius 1 is 0.540 bits per heavy atom. The minimum absolute atomic E-state index is 0.231. The van der Waals surface area contributed by atoms with Crippen LogP contribution in [0.1, 0.15) is 221 Å². The van der Waals surface area contributed by atoms with Crippen LogP contribution in [0.15, 0.2) is 24.3 Å². The molecule has 294 valence electrons. The van der Waals surface area contributed by atoms with Gasteiger partial charge in [-0.25, -0.2) is 0 Å². The number of allylic oxidation sites excluding steroid dienone is 4. The van der Waals surface area contributed by atoms with E-state index in [1.54, 1.807) is 13.8 Å². The van der Waals surface area contributed by atoms with Gasteiger partial charge in [0, 0.05) is 24.8 Å². The zero-order valence-corrected chi connectivity index (χ0v) is 33.8. The highest BCUT2D eigenvalue weighted by Gasteiger charge is 2.50. The lowest BCUT2D eigenvalue weighted by Gasteiger charge is -2.43. The predicted octanol–water partition coefficient (Wildman–Crippen LogP) is 12.6. The maximum absolute atomic E-state index is 13.0. The fraction of sp³-hybridized carbons (Fsp3) is 0.864. The summed E-state index contributed by atoms with van der Waals surface area (Å²) in [7, 11) is 0. The molecule has 0 aliphatic rings. The number of hydrogen-bond acceptors (Lipinski definition) is 6. The number of aliphatic hydroxyl groups is 1. The summed E-state index contributed by atoms with van der Waals surface area (Å²) in [6, 6.07) is 0. The van der Waals surface area contributed by atoms with Crippen molar-refractivity contribution in [1.29, 1.82) is 0 Å². The number of nitrogens with two attached hydrogens (primary N) is 1. The molecule has 0 spiro atoms. The number of esters is 2. The van der Waals surface area contributed by atoms with Crippen molar-refractivity contribution in [2.45, 2.75) is 232 Å². The van der Waals surface area contributed by atoms with Gasteiger partial charge in [-0.15, -0.1) is 0 Å². The molecule has 3 N–H and O–H groups in total. The summed E-state index contributed by atoms with van der Waals surface area (Å²) in [5.74, 6) is -3.12. The van der Waals surface area contributed by atoms with Crippen LogP contribution >= 0.6 is 0 Å². The quantitative estimate of drug-likeness (QED) is 0.0291. The van der Waals surface area contributed by atoms with Gasteiger partial charge in [-0.3, -0.25) is 9.59 Å². The molecule has 0 saturated carbocycles. The Bertz CT molecular complexity index is 792. The predicted molar refractivity (Wildman–Crippen MR) is 213 cm³/mol. The normalized spacial score (nSPS) is 13.0. The number of hydrogen-bond donors (Lipinski definition) is 2. The average molecular weight is 706 g/mol. The molecule has 0 rings (SSSR count). The van der Waals surface area contributed by atoms with Crippen LogP contribution in [0.3, 0.4) is 0 Å². The molecule has 0 aliphatic heterocycles. The molecule has 0 aromatic carbocycles. The Labute approximate surface area is 310 Å². The largest absolute Gasteiger partial charge is 0.422 e. The monoisotopic (exact) mass is 706 g/mol. The molecule has 0 aromatic heterocycles. The van der Waals surface area contributed by atoms with Gasteiger partial charge >= 0.3 is 11.9 Å². The van der Waals surface area contributed by atoms with E-state index in [9.17, 15) is 14.7 Å². The Hall–Kier alpha value is -1.66. The maximum Gasteiger partial charge on any atom is 0.309 e. The van der Waals surface area contributed by atoms with Crippen molar-refractivity contribution >= 4 is 11.9 Å². The smallest absolute Gasteiger partial charge is 0.309 e. The summed E-state index contributed by atoms with van der Waals surface area (Å²) in [5.41, 5.74) is 5.50. The summed E-state index contributed by atoms with van der Waals surface area (Å²) in [6.07, 6.45) is 41.0. The molecule has 0 heterocycles. The molecule has 0 aliphatic carbocycles. The lowest BCUT2D eigenvalue weighted by atomic mass is 9.80. The number of unbranched alkanes of at least 4 members (excludes halogenated alkanes) is 22. The number of carbonyl (C=O) groups excluding carboxylic acids is 2. The molecule has 6 nitrogen and oxygen atoms in total. The first-order valence-electron chi connectivity index (χ1n) is 21.3. The van der Waals surface area contributed by atoms with Gasteiger partial charge in [0.1, 0.15) is 0 Å². The number of aliphatic hydroxyl groups excluding tert-OH is 1. The van der Waals surface area contributed by atoms with Crippen molar-refractivity contribution in [3.63, 3.8) is 0 Å². The van der Waals surface area contributed by atoms with Crippen molar-refractivity contribution in [3.05, 3.63) is 24.3 Å². The summed E-state index contributed by atoms with van der Waals surface area (Å²) >= 11 is 0. The lowest BCUT2D eigenvalue weighted by molar-refractivity contribution is -0.260. The summed E-state index contributed by atoms with van der Waals surface area (Å²) in [6.45, 7) is 9.53. The zero-order chi connectivity index (χ0) is 37.2. The zero-order valence-electron chi connectivity index (χ0n) is 33.8. The summed E-state index contributed by atoms with van der Waals surface area (Å²) < 4.78 is 11.9. The van der Waals surface area contributed by atoms with Gasteiger partial charge in [0.25, 0.3) is 5.79 Å². The molecular formula is C44H83NO5.